The summed E-state index contributed by atoms with van der Waals surface area (Å²) in [7, 11) is 0. The molecule has 264 valence electrons. The molecular weight excluding hydrogens is 691 g/mol. The van der Waals surface area contributed by atoms with Crippen LogP contribution in [-0.4, -0.2) is 11.3 Å². The number of rotatable bonds is 1. The van der Waals surface area contributed by atoms with Gasteiger partial charge in [-0.2, -0.15) is 0 Å². The van der Waals surface area contributed by atoms with Crippen molar-refractivity contribution < 1.29 is 8.83 Å². The summed E-state index contributed by atoms with van der Waals surface area (Å²) in [6, 6.07) is 40.4. The molecule has 4 aromatic heterocycles. The number of aromatic nitrogens is 1. The Kier molecular flexibility index (Phi) is 5.52. The molecule has 0 N–H and O–H groups in total. The maximum Gasteiger partial charge on any atom is 0.334 e. The minimum Gasteiger partial charge on any atom is -0.454 e. The third-order valence-electron chi connectivity index (χ3n) is 13.6. The molecule has 0 atom stereocenters. The van der Waals surface area contributed by atoms with Crippen LogP contribution >= 0.6 is 11.3 Å². The summed E-state index contributed by atoms with van der Waals surface area (Å²) < 4.78 is 17.8. The highest BCUT2D eigenvalue weighted by Crippen LogP contribution is 2.55. The molecule has 6 heterocycles. The van der Waals surface area contributed by atoms with E-state index < -0.39 is 0 Å². The average molecular weight is 729 g/mol. The van der Waals surface area contributed by atoms with Crippen LogP contribution in [0, 0.1) is 6.92 Å². The molecule has 4 nitrogen and oxygen atoms in total. The summed E-state index contributed by atoms with van der Waals surface area (Å²) >= 11 is 1.91. The minimum absolute atomic E-state index is 0.0586. The van der Waals surface area contributed by atoms with Crippen molar-refractivity contribution in [3.63, 3.8) is 0 Å². The van der Waals surface area contributed by atoms with Crippen molar-refractivity contribution in [1.29, 1.82) is 0 Å². The fourth-order valence-electron chi connectivity index (χ4n) is 10.8. The Morgan fingerprint density at radius 3 is 2.05 bits per heavy atom. The smallest absolute Gasteiger partial charge is 0.334 e. The fourth-order valence-corrected chi connectivity index (χ4v) is 12.0. The number of thiophene rings is 1. The number of furan rings is 2. The first-order valence-electron chi connectivity index (χ1n) is 19.6. The molecule has 13 rings (SSSR count). The van der Waals surface area contributed by atoms with Gasteiger partial charge in [0.15, 0.2) is 11.2 Å². The molecule has 0 radical (unpaired) electrons. The molecule has 10 aromatic rings. The number of aryl methyl sites for hydroxylation is 1. The molecule has 0 saturated heterocycles. The molecule has 55 heavy (non-hydrogen) atoms. The molecule has 2 aliphatic heterocycles. The lowest BCUT2D eigenvalue weighted by Gasteiger charge is -2.44. The third-order valence-corrected chi connectivity index (χ3v) is 14.7. The molecular formula is C49H37BN2O2S. The van der Waals surface area contributed by atoms with Crippen molar-refractivity contribution in [1.82, 2.24) is 4.48 Å². The highest BCUT2D eigenvalue weighted by atomic mass is 32.1. The van der Waals surface area contributed by atoms with Crippen LogP contribution < -0.4 is 15.8 Å². The number of hydrogen-bond acceptors (Lipinski definition) is 4. The molecule has 0 saturated carbocycles. The van der Waals surface area contributed by atoms with Gasteiger partial charge in [-0.25, -0.2) is 0 Å². The van der Waals surface area contributed by atoms with Crippen molar-refractivity contribution in [2.75, 3.05) is 4.90 Å². The topological polar surface area (TPSA) is 34.5 Å². The van der Waals surface area contributed by atoms with Crippen molar-refractivity contribution >= 4 is 110 Å². The predicted octanol–water partition coefficient (Wildman–Crippen LogP) is 12.7. The van der Waals surface area contributed by atoms with Gasteiger partial charge in [0.2, 0.25) is 0 Å². The Balaban J connectivity index is 1.26. The van der Waals surface area contributed by atoms with E-state index >= 15 is 0 Å². The normalized spacial score (nSPS) is 16.5. The van der Waals surface area contributed by atoms with E-state index in [1.54, 1.807) is 0 Å². The van der Waals surface area contributed by atoms with Gasteiger partial charge in [0, 0.05) is 37.3 Å². The van der Waals surface area contributed by atoms with Gasteiger partial charge in [-0.1, -0.05) is 94.4 Å². The minimum atomic E-state index is -0.103. The second-order valence-electron chi connectivity index (χ2n) is 17.5. The second-order valence-corrected chi connectivity index (χ2v) is 18.5. The van der Waals surface area contributed by atoms with E-state index in [4.69, 9.17) is 8.83 Å². The van der Waals surface area contributed by atoms with Gasteiger partial charge >= 0.3 is 6.85 Å². The highest BCUT2D eigenvalue weighted by molar-refractivity contribution is 7.26. The van der Waals surface area contributed by atoms with Crippen molar-refractivity contribution in [2.45, 2.75) is 58.3 Å². The summed E-state index contributed by atoms with van der Waals surface area (Å²) in [5, 5.41) is 7.17. The second kappa shape index (κ2) is 9.93. The van der Waals surface area contributed by atoms with Gasteiger partial charge in [-0.05, 0) is 112 Å². The van der Waals surface area contributed by atoms with Gasteiger partial charge in [-0.15, -0.1) is 11.3 Å². The van der Waals surface area contributed by atoms with Crippen LogP contribution in [0.25, 0.3) is 76.1 Å². The average Bonchev–Trinajstić information content (AvgIpc) is 3.94. The van der Waals surface area contributed by atoms with Crippen LogP contribution in [-0.2, 0) is 10.8 Å². The molecule has 0 spiro atoms. The SMILES string of the molecule is Cc1cc2c(cc1N1c3sc4ccccc4c3B3c4c(cc5c(oc6ccccc65)c41)-c1cccc4c5oc6ccccc6c5n3c14)C(C)(C)CCC2(C)C. The first-order valence-corrected chi connectivity index (χ1v) is 20.4. The standard InChI is InChI=1S/C49H37BN2O2S/c1-26-23-34-35(49(4,5)22-21-48(34,2)3)25-36(26)51-44-40-32(24-33-27-13-6-9-18-37(27)53-46(33)44)28-16-12-17-31-42(28)52(43-29-14-7-10-19-38(29)54-45(31)43)50(40)41-30-15-8-11-20-39(30)55-47(41)51/h6-20,23-25H,21-22H2,1-5H3. The number of fused-ring (bicyclic) bond motifs is 16. The molecule has 0 unspecified atom stereocenters. The lowest BCUT2D eigenvalue weighted by molar-refractivity contribution is 0.332. The zero-order valence-corrected chi connectivity index (χ0v) is 32.3. The molecule has 6 heteroatoms. The van der Waals surface area contributed by atoms with E-state index in [1.165, 1.54) is 71.5 Å². The van der Waals surface area contributed by atoms with Crippen LogP contribution in [0.2, 0.25) is 0 Å². The lowest BCUT2D eigenvalue weighted by Crippen LogP contribution is -2.56. The molecule has 6 aromatic carbocycles. The maximum atomic E-state index is 7.11. The maximum absolute atomic E-state index is 7.11. The monoisotopic (exact) mass is 728 g/mol. The Morgan fingerprint density at radius 1 is 0.600 bits per heavy atom. The first-order chi connectivity index (χ1) is 26.7. The number of anilines is 3. The Morgan fingerprint density at radius 2 is 1.25 bits per heavy atom. The Labute approximate surface area is 322 Å². The number of benzene rings is 6. The van der Waals surface area contributed by atoms with Crippen LogP contribution in [0.5, 0.6) is 0 Å². The Bertz CT molecular complexity index is 3370. The van der Waals surface area contributed by atoms with Crippen LogP contribution in [0.1, 0.15) is 57.2 Å². The molecule has 0 fully saturated rings. The first kappa shape index (κ1) is 30.6. The van der Waals surface area contributed by atoms with Gasteiger partial charge in [0.05, 0.1) is 21.9 Å². The van der Waals surface area contributed by atoms with Gasteiger partial charge < -0.3 is 13.3 Å². The lowest BCUT2D eigenvalue weighted by atomic mass is 9.45. The highest BCUT2D eigenvalue weighted by Gasteiger charge is 2.48. The number of hydrogen-bond donors (Lipinski definition) is 0. The summed E-state index contributed by atoms with van der Waals surface area (Å²) in [6.07, 6.45) is 2.35. The van der Waals surface area contributed by atoms with Crippen molar-refractivity contribution in [3.8, 4) is 11.1 Å². The molecule has 0 amide bonds. The number of nitrogens with zero attached hydrogens (tertiary/aromatic N) is 2. The van der Waals surface area contributed by atoms with Gasteiger partial charge in [-0.3, -0.25) is 4.90 Å². The molecule has 0 bridgehead atoms. The van der Waals surface area contributed by atoms with E-state index in [2.05, 4.69) is 153 Å². The van der Waals surface area contributed by atoms with Crippen LogP contribution in [0.15, 0.2) is 118 Å². The van der Waals surface area contributed by atoms with Crippen molar-refractivity contribution in [2.24, 2.45) is 0 Å². The van der Waals surface area contributed by atoms with E-state index in [0.717, 1.165) is 61.5 Å². The van der Waals surface area contributed by atoms with Crippen LogP contribution in [0.4, 0.5) is 16.4 Å². The van der Waals surface area contributed by atoms with E-state index in [1.807, 2.05) is 11.3 Å². The quantitative estimate of drug-likeness (QED) is 0.158. The summed E-state index contributed by atoms with van der Waals surface area (Å²) in [6.45, 7) is 12.0. The zero-order valence-electron chi connectivity index (χ0n) is 31.5. The Hall–Kier alpha value is -5.72. The molecule has 3 aliphatic rings. The summed E-state index contributed by atoms with van der Waals surface area (Å²) in [4.78, 5) is 2.62. The number of para-hydroxylation sites is 3. The van der Waals surface area contributed by atoms with E-state index in [-0.39, 0.29) is 17.7 Å². The zero-order chi connectivity index (χ0) is 36.7. The third kappa shape index (κ3) is 3.65. The predicted molar refractivity (Wildman–Crippen MR) is 232 cm³/mol. The fraction of sp³-hybridized carbons (Fsp3) is 0.184. The summed E-state index contributed by atoms with van der Waals surface area (Å²) in [5.41, 5.74) is 18.1. The summed E-state index contributed by atoms with van der Waals surface area (Å²) in [5.74, 6) is 0. The van der Waals surface area contributed by atoms with Gasteiger partial charge in [0.25, 0.3) is 0 Å². The van der Waals surface area contributed by atoms with Crippen molar-refractivity contribution in [3.05, 3.63) is 126 Å². The van der Waals surface area contributed by atoms with E-state index in [0.29, 0.717) is 0 Å². The molecule has 1 aliphatic carbocycles. The van der Waals surface area contributed by atoms with E-state index in [9.17, 15) is 0 Å². The largest absolute Gasteiger partial charge is 0.454 e. The van der Waals surface area contributed by atoms with Gasteiger partial charge in [0.1, 0.15) is 11.2 Å². The van der Waals surface area contributed by atoms with Crippen LogP contribution in [0.3, 0.4) is 0 Å².